The standard InChI is InChI=1S/C14H18ClN5O10S2/c15-10-5-11-13(6-12(10)31(16,24)25)32(26,27)20(8-17-11)3-4-28-14(21)2-1-9(30-19-23)7-29-18-22/h5-6,9,17H,1-4,7-8H2,(H2,16,24,25). The number of nitrogens with two attached hydrogens (primary N) is 1. The number of esters is 1. The van der Waals surface area contributed by atoms with Gasteiger partial charge in [0, 0.05) is 12.8 Å². The highest BCUT2D eigenvalue weighted by Gasteiger charge is 2.33. The molecule has 178 valence electrons. The molecule has 1 aliphatic rings. The molecule has 0 bridgehead atoms. The molecule has 0 fully saturated rings. The van der Waals surface area contributed by atoms with Gasteiger partial charge in [-0.1, -0.05) is 11.6 Å². The number of benzene rings is 1. The Balaban J connectivity index is 1.97. The van der Waals surface area contributed by atoms with Crippen LogP contribution in [0.1, 0.15) is 12.8 Å². The van der Waals surface area contributed by atoms with Crippen LogP contribution in [0.25, 0.3) is 0 Å². The highest BCUT2D eigenvalue weighted by atomic mass is 35.5. The van der Waals surface area contributed by atoms with Gasteiger partial charge in [0.2, 0.25) is 20.0 Å². The second kappa shape index (κ2) is 10.8. The number of nitrogens with one attached hydrogen (secondary N) is 1. The second-order valence-corrected chi connectivity index (χ2v) is 10.1. The van der Waals surface area contributed by atoms with Gasteiger partial charge in [-0.3, -0.25) is 4.79 Å². The van der Waals surface area contributed by atoms with Gasteiger partial charge in [-0.15, -0.1) is 9.81 Å². The summed E-state index contributed by atoms with van der Waals surface area (Å²) in [5, 5.41) is 11.9. The number of sulfonamides is 2. The zero-order valence-corrected chi connectivity index (χ0v) is 18.6. The van der Waals surface area contributed by atoms with Gasteiger partial charge in [-0.05, 0) is 12.1 Å². The minimum absolute atomic E-state index is 0.0753. The summed E-state index contributed by atoms with van der Waals surface area (Å²) in [6, 6.07) is 1.99. The van der Waals surface area contributed by atoms with Crippen LogP contribution in [0.2, 0.25) is 5.02 Å². The SMILES string of the molecule is NS(=O)(=O)c1cc2c(cc1Cl)NCN(CCOC(=O)CCC(CON=O)ON=O)S2(=O)=O. The maximum absolute atomic E-state index is 12.8. The number of halogens is 1. The van der Waals surface area contributed by atoms with E-state index in [9.17, 15) is 31.4 Å². The van der Waals surface area contributed by atoms with Gasteiger partial charge in [0.25, 0.3) is 0 Å². The largest absolute Gasteiger partial charge is 0.464 e. The molecular weight excluding hydrogens is 498 g/mol. The lowest BCUT2D eigenvalue weighted by Crippen LogP contribution is -2.42. The van der Waals surface area contributed by atoms with E-state index in [2.05, 4.69) is 25.7 Å². The zero-order valence-electron chi connectivity index (χ0n) is 16.2. The number of primary sulfonamides is 1. The third kappa shape index (κ3) is 6.45. The maximum atomic E-state index is 12.8. The summed E-state index contributed by atoms with van der Waals surface area (Å²) in [5.41, 5.74) is 0.0949. The minimum atomic E-state index is -4.27. The van der Waals surface area contributed by atoms with E-state index < -0.39 is 43.6 Å². The van der Waals surface area contributed by atoms with Crippen LogP contribution in [0.4, 0.5) is 5.69 Å². The van der Waals surface area contributed by atoms with Crippen LogP contribution in [0, 0.1) is 9.81 Å². The van der Waals surface area contributed by atoms with Crippen LogP contribution in [-0.4, -0.2) is 59.6 Å². The monoisotopic (exact) mass is 515 g/mol. The first kappa shape index (κ1) is 25.7. The molecule has 2 rings (SSSR count). The van der Waals surface area contributed by atoms with E-state index >= 15 is 0 Å². The van der Waals surface area contributed by atoms with Crippen molar-refractivity contribution >= 4 is 43.3 Å². The first-order valence-corrected chi connectivity index (χ1v) is 12.1. The normalized spacial score (nSPS) is 16.2. The highest BCUT2D eigenvalue weighted by molar-refractivity contribution is 7.90. The molecular formula is C14H18ClN5O10S2. The highest BCUT2D eigenvalue weighted by Crippen LogP contribution is 2.35. The van der Waals surface area contributed by atoms with Gasteiger partial charge in [-0.2, -0.15) is 4.31 Å². The van der Waals surface area contributed by atoms with Crippen molar-refractivity contribution in [1.82, 2.24) is 4.31 Å². The number of carbonyl (C=O) groups is 1. The number of anilines is 1. The fraction of sp³-hybridized carbons (Fsp3) is 0.500. The lowest BCUT2D eigenvalue weighted by Gasteiger charge is -2.29. The van der Waals surface area contributed by atoms with Crippen molar-refractivity contribution in [3.63, 3.8) is 0 Å². The molecule has 32 heavy (non-hydrogen) atoms. The minimum Gasteiger partial charge on any atom is -0.464 e. The van der Waals surface area contributed by atoms with Gasteiger partial charge in [0.05, 0.1) is 23.9 Å². The molecule has 1 aromatic rings. The predicted molar refractivity (Wildman–Crippen MR) is 108 cm³/mol. The van der Waals surface area contributed by atoms with E-state index in [4.69, 9.17) is 21.5 Å². The molecule has 0 aromatic heterocycles. The average molecular weight is 516 g/mol. The number of hydrogen-bond donors (Lipinski definition) is 2. The second-order valence-electron chi connectivity index (χ2n) is 6.27. The number of carbonyl (C=O) groups excluding carboxylic acids is 1. The Hall–Kier alpha value is -2.60. The lowest BCUT2D eigenvalue weighted by atomic mass is 10.2. The number of nitrogens with zero attached hydrogens (tertiary/aromatic N) is 3. The molecule has 0 amide bonds. The summed E-state index contributed by atoms with van der Waals surface area (Å²) in [6.45, 7) is -1.16. The van der Waals surface area contributed by atoms with Crippen molar-refractivity contribution in [3.05, 3.63) is 27.0 Å². The van der Waals surface area contributed by atoms with E-state index in [1.54, 1.807) is 0 Å². The van der Waals surface area contributed by atoms with Crippen LogP contribution in [-0.2, 0) is 39.3 Å². The number of fused-ring (bicyclic) bond motifs is 1. The summed E-state index contributed by atoms with van der Waals surface area (Å²) >= 11 is 5.87. The van der Waals surface area contributed by atoms with Crippen LogP contribution >= 0.6 is 11.6 Å². The first-order chi connectivity index (χ1) is 15.0. The van der Waals surface area contributed by atoms with E-state index in [1.165, 1.54) is 0 Å². The molecule has 1 atom stereocenters. The molecule has 3 N–H and O–H groups in total. The lowest BCUT2D eigenvalue weighted by molar-refractivity contribution is -0.145. The molecule has 1 unspecified atom stereocenters. The van der Waals surface area contributed by atoms with Crippen LogP contribution in [0.3, 0.4) is 0 Å². The summed E-state index contributed by atoms with van der Waals surface area (Å²) in [5.74, 6) is -0.741. The van der Waals surface area contributed by atoms with Crippen LogP contribution in [0.15, 0.2) is 32.6 Å². The fourth-order valence-electron chi connectivity index (χ4n) is 2.65. The molecule has 1 aromatic carbocycles. The molecule has 0 saturated carbocycles. The first-order valence-electron chi connectivity index (χ1n) is 8.69. The quantitative estimate of drug-likeness (QED) is 0.221. The van der Waals surface area contributed by atoms with Crippen LogP contribution in [0.5, 0.6) is 0 Å². The molecule has 1 heterocycles. The van der Waals surface area contributed by atoms with Crippen molar-refractivity contribution in [3.8, 4) is 0 Å². The predicted octanol–water partition coefficient (Wildman–Crippen LogP) is 0.449. The van der Waals surface area contributed by atoms with Crippen molar-refractivity contribution < 1.29 is 36.0 Å². The Morgan fingerprint density at radius 3 is 2.66 bits per heavy atom. The van der Waals surface area contributed by atoms with E-state index in [0.29, 0.717) is 0 Å². The molecule has 1 aliphatic heterocycles. The average Bonchev–Trinajstić information content (AvgIpc) is 2.70. The Kier molecular flexibility index (Phi) is 8.67. The molecule has 0 spiro atoms. The Morgan fingerprint density at radius 1 is 1.31 bits per heavy atom. The van der Waals surface area contributed by atoms with Gasteiger partial charge >= 0.3 is 5.97 Å². The van der Waals surface area contributed by atoms with Gasteiger partial charge in [-0.25, -0.2) is 22.0 Å². The molecule has 18 heteroatoms. The fourth-order valence-corrected chi connectivity index (χ4v) is 5.33. The summed E-state index contributed by atoms with van der Waals surface area (Å²) < 4.78 is 54.8. The Labute approximate surface area is 187 Å². The maximum Gasteiger partial charge on any atom is 0.305 e. The molecule has 0 aliphatic carbocycles. The summed E-state index contributed by atoms with van der Waals surface area (Å²) in [4.78, 5) is 39.6. The van der Waals surface area contributed by atoms with E-state index in [1.807, 2.05) is 0 Å². The summed E-state index contributed by atoms with van der Waals surface area (Å²) in [7, 11) is -8.41. The number of ether oxygens (including phenoxy) is 1. The smallest absolute Gasteiger partial charge is 0.305 e. The van der Waals surface area contributed by atoms with Gasteiger partial charge < -0.3 is 19.7 Å². The molecule has 0 saturated heterocycles. The molecule has 0 radical (unpaired) electrons. The topological polar surface area (TPSA) is 213 Å². The number of hydrogen-bond acceptors (Lipinski definition) is 13. The van der Waals surface area contributed by atoms with E-state index in [-0.39, 0.29) is 48.3 Å². The third-order valence-electron chi connectivity index (χ3n) is 4.18. The van der Waals surface area contributed by atoms with Crippen molar-refractivity contribution in [2.45, 2.75) is 28.7 Å². The third-order valence-corrected chi connectivity index (χ3v) is 7.44. The van der Waals surface area contributed by atoms with Crippen LogP contribution < -0.4 is 10.5 Å². The Morgan fingerprint density at radius 2 is 2.03 bits per heavy atom. The number of rotatable bonds is 12. The Bertz CT molecular complexity index is 1080. The van der Waals surface area contributed by atoms with Crippen molar-refractivity contribution in [1.29, 1.82) is 0 Å². The van der Waals surface area contributed by atoms with E-state index in [0.717, 1.165) is 16.4 Å². The van der Waals surface area contributed by atoms with Gasteiger partial charge in [0.15, 0.2) is 23.4 Å². The van der Waals surface area contributed by atoms with Crippen molar-refractivity contribution in [2.75, 3.05) is 31.7 Å². The van der Waals surface area contributed by atoms with Gasteiger partial charge in [0.1, 0.15) is 16.4 Å². The summed E-state index contributed by atoms with van der Waals surface area (Å²) in [6.07, 6.45) is -1.32. The van der Waals surface area contributed by atoms with Crippen molar-refractivity contribution in [2.24, 2.45) is 15.8 Å². The zero-order chi connectivity index (χ0) is 23.9. The molecule has 15 nitrogen and oxygen atoms in total.